The summed E-state index contributed by atoms with van der Waals surface area (Å²) in [6, 6.07) is 9.00. The molecule has 1 aliphatic carbocycles. The Kier molecular flexibility index (Phi) is 5.16. The van der Waals surface area contributed by atoms with E-state index in [1.807, 2.05) is 12.3 Å². The number of nitrogens with two attached hydrogens (primary N) is 1. The summed E-state index contributed by atoms with van der Waals surface area (Å²) in [5, 5.41) is 0.742. The number of hydrogen-bond acceptors (Lipinski definition) is 6. The lowest BCUT2D eigenvalue weighted by atomic mass is 9.83. The first-order valence-corrected chi connectivity index (χ1v) is 12.7. The predicted octanol–water partition coefficient (Wildman–Crippen LogP) is 4.51. The van der Waals surface area contributed by atoms with Gasteiger partial charge in [0, 0.05) is 64.4 Å². The Bertz CT molecular complexity index is 1270. The highest BCUT2D eigenvalue weighted by Crippen LogP contribution is 2.46. The summed E-state index contributed by atoms with van der Waals surface area (Å²) in [6.45, 7) is 1.35. The second-order valence-corrected chi connectivity index (χ2v) is 10.9. The fourth-order valence-corrected chi connectivity index (χ4v) is 6.80. The van der Waals surface area contributed by atoms with E-state index in [4.69, 9.17) is 17.3 Å². The zero-order valence-corrected chi connectivity index (χ0v) is 19.8. The molecule has 0 radical (unpaired) electrons. The number of thiophene rings is 1. The van der Waals surface area contributed by atoms with E-state index in [2.05, 4.69) is 28.1 Å². The smallest absolute Gasteiger partial charge is 0.230 e. The molecule has 6 rings (SSSR count). The van der Waals surface area contributed by atoms with Gasteiger partial charge < -0.3 is 10.6 Å². The first-order valence-electron chi connectivity index (χ1n) is 11.5. The summed E-state index contributed by atoms with van der Waals surface area (Å²) in [6.07, 6.45) is 6.63. The number of carbonyl (C=O) groups is 2. The molecule has 1 aromatic carbocycles. The fourth-order valence-electron chi connectivity index (χ4n) is 5.42. The second kappa shape index (κ2) is 8.08. The molecule has 2 aliphatic heterocycles. The monoisotopic (exact) mass is 480 g/mol. The van der Waals surface area contributed by atoms with Gasteiger partial charge in [-0.1, -0.05) is 11.6 Å². The Morgan fingerprint density at radius 1 is 1.09 bits per heavy atom. The molecular weight excluding hydrogens is 456 g/mol. The number of fused-ring (bicyclic) bond motifs is 2. The lowest BCUT2D eigenvalue weighted by Crippen LogP contribution is -2.52. The van der Waals surface area contributed by atoms with Gasteiger partial charge in [0.2, 0.25) is 11.8 Å². The van der Waals surface area contributed by atoms with Crippen LogP contribution in [-0.4, -0.2) is 40.3 Å². The van der Waals surface area contributed by atoms with Crippen LogP contribution in [0.4, 0.5) is 5.69 Å². The number of imide groups is 1. The minimum absolute atomic E-state index is 0.0936. The SMILES string of the molecule is N[C@H]1C[C@@H](N2CCCc3cc(Cl)cc(-c4ccnc5cc(CN6C(=O)CCC6=O)sc45)c32)C1. The van der Waals surface area contributed by atoms with E-state index < -0.39 is 0 Å². The summed E-state index contributed by atoms with van der Waals surface area (Å²) in [7, 11) is 0. The number of amides is 2. The molecule has 2 fully saturated rings. The molecule has 2 aromatic heterocycles. The molecule has 0 unspecified atom stereocenters. The van der Waals surface area contributed by atoms with E-state index in [0.717, 1.165) is 63.5 Å². The quantitative estimate of drug-likeness (QED) is 0.556. The van der Waals surface area contributed by atoms with E-state index in [0.29, 0.717) is 31.5 Å². The Morgan fingerprint density at radius 2 is 1.88 bits per heavy atom. The third kappa shape index (κ3) is 3.63. The molecule has 170 valence electrons. The van der Waals surface area contributed by atoms with Gasteiger partial charge in [-0.2, -0.15) is 0 Å². The van der Waals surface area contributed by atoms with Gasteiger partial charge in [-0.15, -0.1) is 11.3 Å². The van der Waals surface area contributed by atoms with Gasteiger partial charge in [0.15, 0.2) is 0 Å². The van der Waals surface area contributed by atoms with Crippen LogP contribution in [0.15, 0.2) is 30.5 Å². The van der Waals surface area contributed by atoms with Gasteiger partial charge in [0.25, 0.3) is 0 Å². The van der Waals surface area contributed by atoms with Crippen LogP contribution < -0.4 is 10.6 Å². The van der Waals surface area contributed by atoms with Crippen LogP contribution >= 0.6 is 22.9 Å². The summed E-state index contributed by atoms with van der Waals surface area (Å²) in [5.41, 5.74) is 11.8. The second-order valence-electron chi connectivity index (χ2n) is 9.30. The van der Waals surface area contributed by atoms with E-state index in [-0.39, 0.29) is 11.8 Å². The van der Waals surface area contributed by atoms with Crippen LogP contribution in [0.25, 0.3) is 21.3 Å². The van der Waals surface area contributed by atoms with Crippen molar-refractivity contribution in [1.29, 1.82) is 0 Å². The number of carbonyl (C=O) groups excluding carboxylic acids is 2. The topological polar surface area (TPSA) is 79.5 Å². The molecule has 0 spiro atoms. The number of rotatable bonds is 4. The largest absolute Gasteiger partial charge is 0.368 e. The zero-order valence-electron chi connectivity index (χ0n) is 18.2. The number of halogens is 1. The molecule has 3 aliphatic rings. The van der Waals surface area contributed by atoms with Crippen molar-refractivity contribution in [2.24, 2.45) is 5.73 Å². The van der Waals surface area contributed by atoms with Crippen molar-refractivity contribution in [2.75, 3.05) is 11.4 Å². The van der Waals surface area contributed by atoms with Gasteiger partial charge in [-0.3, -0.25) is 19.5 Å². The number of hydrogen-bond donors (Lipinski definition) is 1. The van der Waals surface area contributed by atoms with E-state index in [9.17, 15) is 9.59 Å². The molecule has 3 aromatic rings. The summed E-state index contributed by atoms with van der Waals surface area (Å²) in [4.78, 5) is 33.7. The van der Waals surface area contributed by atoms with Crippen LogP contribution in [0.1, 0.15) is 42.5 Å². The standard InChI is InChI=1S/C25H25ClN4O2S/c26-15-8-14-2-1-7-29(17-10-16(27)11-17)24(14)20(9-15)19-5-6-28-21-12-18(33-25(19)21)13-30-22(31)3-4-23(30)32/h5-6,8-9,12,16-17H,1-4,7,10-11,13,27H2/t16-,17+. The van der Waals surface area contributed by atoms with E-state index in [1.165, 1.54) is 16.2 Å². The first-order chi connectivity index (χ1) is 16.0. The molecule has 4 heterocycles. The molecular formula is C25H25ClN4O2S. The number of aryl methyl sites for hydroxylation is 1. The third-order valence-corrected chi connectivity index (χ3v) is 8.46. The molecule has 33 heavy (non-hydrogen) atoms. The minimum atomic E-state index is -0.0936. The van der Waals surface area contributed by atoms with E-state index >= 15 is 0 Å². The Hall–Kier alpha value is -2.48. The average Bonchev–Trinajstić information content (AvgIpc) is 3.33. The highest BCUT2D eigenvalue weighted by molar-refractivity contribution is 7.19. The number of anilines is 1. The molecule has 0 atom stereocenters. The van der Waals surface area contributed by atoms with Crippen molar-refractivity contribution in [2.45, 2.75) is 57.2 Å². The molecule has 0 bridgehead atoms. The normalized spacial score (nSPS) is 22.7. The number of nitrogens with zero attached hydrogens (tertiary/aromatic N) is 3. The van der Waals surface area contributed by atoms with Crippen molar-refractivity contribution in [3.63, 3.8) is 0 Å². The highest BCUT2D eigenvalue weighted by atomic mass is 35.5. The molecule has 1 saturated carbocycles. The first kappa shape index (κ1) is 21.1. The van der Waals surface area contributed by atoms with Crippen LogP contribution in [0.3, 0.4) is 0 Å². The van der Waals surface area contributed by atoms with Crippen LogP contribution in [0, 0.1) is 0 Å². The number of pyridine rings is 1. The van der Waals surface area contributed by atoms with Gasteiger partial charge in [-0.05, 0) is 55.5 Å². The lowest BCUT2D eigenvalue weighted by molar-refractivity contribution is -0.138. The average molecular weight is 481 g/mol. The van der Waals surface area contributed by atoms with Crippen LogP contribution in [0.5, 0.6) is 0 Å². The van der Waals surface area contributed by atoms with Crippen LogP contribution in [-0.2, 0) is 22.6 Å². The maximum atomic E-state index is 12.1. The van der Waals surface area contributed by atoms with E-state index in [1.54, 1.807) is 11.3 Å². The third-order valence-electron chi connectivity index (χ3n) is 7.10. The lowest BCUT2D eigenvalue weighted by Gasteiger charge is -2.46. The summed E-state index contributed by atoms with van der Waals surface area (Å²) >= 11 is 8.21. The maximum Gasteiger partial charge on any atom is 0.230 e. The molecule has 6 nitrogen and oxygen atoms in total. The molecule has 1 saturated heterocycles. The van der Waals surface area contributed by atoms with Gasteiger partial charge >= 0.3 is 0 Å². The maximum absolute atomic E-state index is 12.1. The molecule has 8 heteroatoms. The Labute approximate surface area is 201 Å². The van der Waals surface area contributed by atoms with Crippen LogP contribution in [0.2, 0.25) is 5.02 Å². The number of aromatic nitrogens is 1. The highest BCUT2D eigenvalue weighted by Gasteiger charge is 2.35. The van der Waals surface area contributed by atoms with Crippen molar-refractivity contribution in [3.8, 4) is 11.1 Å². The summed E-state index contributed by atoms with van der Waals surface area (Å²) in [5.74, 6) is -0.187. The van der Waals surface area contributed by atoms with Gasteiger partial charge in [0.1, 0.15) is 0 Å². The van der Waals surface area contributed by atoms with Crippen molar-refractivity contribution >= 4 is 50.7 Å². The Balaban J connectivity index is 1.45. The van der Waals surface area contributed by atoms with Crippen molar-refractivity contribution in [1.82, 2.24) is 9.88 Å². The molecule has 2 amide bonds. The number of likely N-dealkylation sites (tertiary alicyclic amines) is 1. The van der Waals surface area contributed by atoms with Gasteiger partial charge in [0.05, 0.1) is 16.8 Å². The Morgan fingerprint density at radius 3 is 2.64 bits per heavy atom. The summed E-state index contributed by atoms with van der Waals surface area (Å²) < 4.78 is 1.06. The zero-order chi connectivity index (χ0) is 22.7. The minimum Gasteiger partial charge on any atom is -0.368 e. The van der Waals surface area contributed by atoms with Crippen molar-refractivity contribution < 1.29 is 9.59 Å². The van der Waals surface area contributed by atoms with Crippen molar-refractivity contribution in [3.05, 3.63) is 45.9 Å². The molecule has 2 N–H and O–H groups in total. The predicted molar refractivity (Wildman–Crippen MR) is 132 cm³/mol. The fraction of sp³-hybridized carbons (Fsp3) is 0.400. The number of benzene rings is 1. The van der Waals surface area contributed by atoms with Gasteiger partial charge in [-0.25, -0.2) is 0 Å².